The molecule has 28 heavy (non-hydrogen) atoms. The van der Waals surface area contributed by atoms with Crippen molar-refractivity contribution in [3.8, 4) is 5.75 Å². The van der Waals surface area contributed by atoms with Gasteiger partial charge in [0.1, 0.15) is 18.8 Å². The van der Waals surface area contributed by atoms with Gasteiger partial charge in [0.15, 0.2) is 11.6 Å². The smallest absolute Gasteiger partial charge is 0.327 e. The van der Waals surface area contributed by atoms with Gasteiger partial charge in [-0.2, -0.15) is 0 Å². The van der Waals surface area contributed by atoms with Crippen LogP contribution in [0.15, 0.2) is 48.9 Å². The molecule has 0 bridgehead atoms. The first-order chi connectivity index (χ1) is 13.7. The number of urea groups is 1. The molecule has 0 saturated heterocycles. The molecule has 5 rings (SSSR count). The van der Waals surface area contributed by atoms with Gasteiger partial charge in [0.25, 0.3) is 0 Å². The number of ether oxygens (including phenoxy) is 1. The molecule has 0 unspecified atom stereocenters. The second kappa shape index (κ2) is 6.63. The number of pyridine rings is 1. The first-order valence-electron chi connectivity index (χ1n) is 9.31. The first-order valence-corrected chi connectivity index (χ1v) is 9.31. The van der Waals surface area contributed by atoms with E-state index in [0.717, 1.165) is 17.9 Å². The second-order valence-electron chi connectivity index (χ2n) is 7.13. The Balaban J connectivity index is 1.32. The van der Waals surface area contributed by atoms with E-state index >= 15 is 0 Å². The zero-order chi connectivity index (χ0) is 19.1. The fourth-order valence-electron chi connectivity index (χ4n) is 3.76. The van der Waals surface area contributed by atoms with Gasteiger partial charge in [-0.3, -0.25) is 4.90 Å². The van der Waals surface area contributed by atoms with E-state index in [0.29, 0.717) is 36.6 Å². The Bertz CT molecular complexity index is 1030. The molecule has 3 heterocycles. The van der Waals surface area contributed by atoms with Crippen LogP contribution in [0.5, 0.6) is 5.75 Å². The van der Waals surface area contributed by atoms with Crippen LogP contribution in [0, 0.1) is 0 Å². The minimum Gasteiger partial charge on any atom is -0.488 e. The fraction of sp³-hybridized carbons (Fsp3) is 0.300. The van der Waals surface area contributed by atoms with Crippen molar-refractivity contribution >= 4 is 17.5 Å². The third kappa shape index (κ3) is 2.96. The summed E-state index contributed by atoms with van der Waals surface area (Å²) in [4.78, 5) is 18.7. The summed E-state index contributed by atoms with van der Waals surface area (Å²) < 4.78 is 7.54. The van der Waals surface area contributed by atoms with Crippen LogP contribution in [0.2, 0.25) is 0 Å². The van der Waals surface area contributed by atoms with Gasteiger partial charge in [-0.25, -0.2) is 9.78 Å². The van der Waals surface area contributed by atoms with Crippen molar-refractivity contribution in [1.82, 2.24) is 19.7 Å². The van der Waals surface area contributed by atoms with Crippen molar-refractivity contribution in [1.29, 1.82) is 0 Å². The second-order valence-corrected chi connectivity index (χ2v) is 7.13. The van der Waals surface area contributed by atoms with Crippen LogP contribution in [-0.2, 0) is 7.05 Å². The van der Waals surface area contributed by atoms with Crippen molar-refractivity contribution in [3.63, 3.8) is 0 Å². The normalized spacial score (nSPS) is 20.2. The number of anilines is 2. The van der Waals surface area contributed by atoms with Crippen molar-refractivity contribution in [2.45, 2.75) is 18.3 Å². The molecule has 1 N–H and O–H groups in total. The van der Waals surface area contributed by atoms with E-state index in [1.807, 2.05) is 35.9 Å². The van der Waals surface area contributed by atoms with Crippen LogP contribution in [0.3, 0.4) is 0 Å². The van der Waals surface area contributed by atoms with Crippen molar-refractivity contribution in [2.75, 3.05) is 23.4 Å². The Morgan fingerprint density at radius 3 is 3.04 bits per heavy atom. The van der Waals surface area contributed by atoms with Gasteiger partial charge in [-0.1, -0.05) is 12.1 Å². The lowest BCUT2D eigenvalue weighted by Gasteiger charge is -2.28. The number of amides is 2. The Morgan fingerprint density at radius 1 is 1.25 bits per heavy atom. The van der Waals surface area contributed by atoms with Gasteiger partial charge in [-0.15, -0.1) is 10.2 Å². The van der Waals surface area contributed by atoms with E-state index in [9.17, 15) is 4.79 Å². The van der Waals surface area contributed by atoms with Crippen LogP contribution in [0.4, 0.5) is 16.3 Å². The van der Waals surface area contributed by atoms with Gasteiger partial charge in [0.05, 0.1) is 6.54 Å². The van der Waals surface area contributed by atoms with Crippen LogP contribution < -0.4 is 15.0 Å². The average Bonchev–Trinajstić information content (AvgIpc) is 3.40. The molecule has 0 radical (unpaired) electrons. The molecule has 1 saturated carbocycles. The molecule has 2 amide bonds. The van der Waals surface area contributed by atoms with Gasteiger partial charge >= 0.3 is 6.03 Å². The SMILES string of the molecule is Cn1cnnc1[C@H]1C[C@H]1c1cccc(NC(=O)N2CCOc3cccnc32)c1. The maximum absolute atomic E-state index is 12.8. The third-order valence-corrected chi connectivity index (χ3v) is 5.26. The number of fused-ring (bicyclic) bond motifs is 1. The average molecular weight is 376 g/mol. The van der Waals surface area contributed by atoms with Gasteiger partial charge < -0.3 is 14.6 Å². The predicted octanol–water partition coefficient (Wildman–Crippen LogP) is 2.91. The fourth-order valence-corrected chi connectivity index (χ4v) is 3.76. The number of benzene rings is 1. The Kier molecular flexibility index (Phi) is 3.96. The monoisotopic (exact) mass is 376 g/mol. The largest absolute Gasteiger partial charge is 0.488 e. The van der Waals surface area contributed by atoms with Crippen LogP contribution in [-0.4, -0.2) is 38.9 Å². The predicted molar refractivity (Wildman–Crippen MR) is 104 cm³/mol. The standard InChI is InChI=1S/C20H20N6O2/c1-25-12-22-24-18(25)16-11-15(16)13-4-2-5-14(10-13)23-20(27)26-8-9-28-17-6-3-7-21-19(17)26/h2-7,10,12,15-16H,8-9,11H2,1H3,(H,23,27)/t15-,16-/m0/s1. The molecule has 2 atom stereocenters. The molecule has 0 spiro atoms. The lowest BCUT2D eigenvalue weighted by atomic mass is 10.1. The molecule has 3 aromatic rings. The molecule has 1 aliphatic carbocycles. The van der Waals surface area contributed by atoms with E-state index in [4.69, 9.17) is 4.74 Å². The van der Waals surface area contributed by atoms with E-state index in [1.165, 1.54) is 5.56 Å². The molecule has 2 aliphatic rings. The highest BCUT2D eigenvalue weighted by Gasteiger charge is 2.42. The summed E-state index contributed by atoms with van der Waals surface area (Å²) in [6.07, 6.45) is 4.44. The van der Waals surface area contributed by atoms with Crippen molar-refractivity contribution < 1.29 is 9.53 Å². The summed E-state index contributed by atoms with van der Waals surface area (Å²) in [5, 5.41) is 11.2. The number of rotatable bonds is 3. The summed E-state index contributed by atoms with van der Waals surface area (Å²) in [7, 11) is 1.97. The zero-order valence-corrected chi connectivity index (χ0v) is 15.4. The van der Waals surface area contributed by atoms with Crippen LogP contribution in [0.25, 0.3) is 0 Å². The van der Waals surface area contributed by atoms with Crippen molar-refractivity contribution in [3.05, 3.63) is 60.3 Å². The highest BCUT2D eigenvalue weighted by Crippen LogP contribution is 2.54. The molecule has 2 aromatic heterocycles. The molecular weight excluding hydrogens is 356 g/mol. The molecule has 8 nitrogen and oxygen atoms in total. The minimum absolute atomic E-state index is 0.207. The van der Waals surface area contributed by atoms with Gasteiger partial charge in [0, 0.05) is 24.8 Å². The van der Waals surface area contributed by atoms with Crippen LogP contribution in [0.1, 0.15) is 29.6 Å². The maximum atomic E-state index is 12.8. The number of aromatic nitrogens is 4. The van der Waals surface area contributed by atoms with Gasteiger partial charge in [0.2, 0.25) is 0 Å². The summed E-state index contributed by atoms with van der Waals surface area (Å²) in [6, 6.07) is 11.4. The number of hydrogen-bond donors (Lipinski definition) is 1. The lowest BCUT2D eigenvalue weighted by Crippen LogP contribution is -2.41. The molecular formula is C20H20N6O2. The summed E-state index contributed by atoms with van der Waals surface area (Å²) in [6.45, 7) is 0.917. The highest BCUT2D eigenvalue weighted by atomic mass is 16.5. The quantitative estimate of drug-likeness (QED) is 0.760. The summed E-state index contributed by atoms with van der Waals surface area (Å²) in [5.41, 5.74) is 1.97. The molecule has 1 aromatic carbocycles. The Hall–Kier alpha value is -3.42. The lowest BCUT2D eigenvalue weighted by molar-refractivity contribution is 0.249. The molecule has 142 valence electrons. The Labute approximate surface area is 162 Å². The number of carbonyl (C=O) groups excluding carboxylic acids is 1. The number of aryl methyl sites for hydroxylation is 1. The molecule has 1 aliphatic heterocycles. The zero-order valence-electron chi connectivity index (χ0n) is 15.4. The van der Waals surface area contributed by atoms with E-state index in [1.54, 1.807) is 23.5 Å². The maximum Gasteiger partial charge on any atom is 0.327 e. The topological polar surface area (TPSA) is 85.2 Å². The first kappa shape index (κ1) is 16.7. The third-order valence-electron chi connectivity index (χ3n) is 5.26. The number of carbonyl (C=O) groups is 1. The Morgan fingerprint density at radius 2 is 2.18 bits per heavy atom. The summed E-state index contributed by atoms with van der Waals surface area (Å²) in [5.74, 6) is 2.98. The van der Waals surface area contributed by atoms with E-state index in [-0.39, 0.29) is 6.03 Å². The number of nitrogens with one attached hydrogen (secondary N) is 1. The number of nitrogens with zero attached hydrogens (tertiary/aromatic N) is 5. The van der Waals surface area contributed by atoms with E-state index < -0.39 is 0 Å². The highest BCUT2D eigenvalue weighted by molar-refractivity contribution is 6.02. The van der Waals surface area contributed by atoms with E-state index in [2.05, 4.69) is 26.6 Å². The summed E-state index contributed by atoms with van der Waals surface area (Å²) >= 11 is 0. The minimum atomic E-state index is -0.207. The van der Waals surface area contributed by atoms with Crippen LogP contribution >= 0.6 is 0 Å². The van der Waals surface area contributed by atoms with Gasteiger partial charge in [-0.05, 0) is 42.2 Å². The van der Waals surface area contributed by atoms with Crippen molar-refractivity contribution in [2.24, 2.45) is 7.05 Å². The molecule has 8 heteroatoms. The number of hydrogen-bond acceptors (Lipinski definition) is 5. The molecule has 1 fully saturated rings.